The largest absolute Gasteiger partial charge is 0.343 e. The number of amides is 1. The van der Waals surface area contributed by atoms with E-state index >= 15 is 0 Å². The summed E-state index contributed by atoms with van der Waals surface area (Å²) < 4.78 is 0. The van der Waals surface area contributed by atoms with Gasteiger partial charge in [0.1, 0.15) is 12.2 Å². The number of hydrogen-bond acceptors (Lipinski definition) is 3. The molecule has 1 aromatic heterocycles. The molecule has 0 aliphatic rings. The summed E-state index contributed by atoms with van der Waals surface area (Å²) in [4.78, 5) is 15.8. The van der Waals surface area contributed by atoms with Gasteiger partial charge in [-0.3, -0.25) is 9.89 Å². The molecule has 2 aromatic rings. The maximum atomic E-state index is 11.8. The molecule has 1 amide bonds. The highest BCUT2D eigenvalue weighted by molar-refractivity contribution is 5.91. The van der Waals surface area contributed by atoms with Crippen LogP contribution in [0, 0.1) is 0 Å². The first-order chi connectivity index (χ1) is 10.1. The zero-order chi connectivity index (χ0) is 15.2. The molecule has 2 rings (SSSR count). The van der Waals surface area contributed by atoms with Crippen LogP contribution in [0.2, 0.25) is 0 Å². The SMILES string of the molecule is CC(C)c1ccc(/C=C/C(=O)NC(C)c2ncn[nH]2)cc1. The highest BCUT2D eigenvalue weighted by atomic mass is 16.1. The van der Waals surface area contributed by atoms with E-state index in [1.807, 2.05) is 19.1 Å². The van der Waals surface area contributed by atoms with Crippen molar-refractivity contribution in [3.05, 3.63) is 53.6 Å². The van der Waals surface area contributed by atoms with Gasteiger partial charge in [-0.15, -0.1) is 0 Å². The molecular formula is C16H20N4O. The number of carbonyl (C=O) groups is 1. The molecule has 0 saturated heterocycles. The normalized spacial score (nSPS) is 12.8. The lowest BCUT2D eigenvalue weighted by Gasteiger charge is -2.08. The molecule has 2 N–H and O–H groups in total. The Balaban J connectivity index is 1.92. The number of nitrogens with one attached hydrogen (secondary N) is 2. The molecule has 5 heteroatoms. The fraction of sp³-hybridized carbons (Fsp3) is 0.312. The van der Waals surface area contributed by atoms with E-state index in [-0.39, 0.29) is 11.9 Å². The third kappa shape index (κ3) is 4.27. The second kappa shape index (κ2) is 6.83. The Morgan fingerprint density at radius 1 is 1.24 bits per heavy atom. The number of aromatic amines is 1. The average Bonchev–Trinajstić information content (AvgIpc) is 3.00. The predicted molar refractivity (Wildman–Crippen MR) is 82.5 cm³/mol. The Hall–Kier alpha value is -2.43. The molecule has 0 saturated carbocycles. The Kier molecular flexibility index (Phi) is 4.87. The first kappa shape index (κ1) is 15.0. The molecule has 0 bridgehead atoms. The van der Waals surface area contributed by atoms with E-state index in [9.17, 15) is 4.79 Å². The molecular weight excluding hydrogens is 264 g/mol. The van der Waals surface area contributed by atoms with E-state index in [2.05, 4.69) is 46.5 Å². The minimum absolute atomic E-state index is 0.160. The van der Waals surface area contributed by atoms with E-state index in [1.165, 1.54) is 18.0 Å². The first-order valence-electron chi connectivity index (χ1n) is 7.00. The van der Waals surface area contributed by atoms with Crippen molar-refractivity contribution in [3.8, 4) is 0 Å². The Bertz CT molecular complexity index is 600. The summed E-state index contributed by atoms with van der Waals surface area (Å²) in [5, 5.41) is 9.32. The van der Waals surface area contributed by atoms with Gasteiger partial charge in [0.05, 0.1) is 6.04 Å². The third-order valence-corrected chi connectivity index (χ3v) is 3.23. The molecule has 5 nitrogen and oxygen atoms in total. The lowest BCUT2D eigenvalue weighted by Crippen LogP contribution is -2.25. The highest BCUT2D eigenvalue weighted by Gasteiger charge is 2.09. The van der Waals surface area contributed by atoms with Gasteiger partial charge in [0.2, 0.25) is 5.91 Å². The van der Waals surface area contributed by atoms with Crippen LogP contribution < -0.4 is 5.32 Å². The maximum Gasteiger partial charge on any atom is 0.244 e. The van der Waals surface area contributed by atoms with E-state index in [0.29, 0.717) is 11.7 Å². The third-order valence-electron chi connectivity index (χ3n) is 3.23. The quantitative estimate of drug-likeness (QED) is 0.829. The fourth-order valence-electron chi connectivity index (χ4n) is 1.92. The van der Waals surface area contributed by atoms with Gasteiger partial charge in [-0.25, -0.2) is 4.98 Å². The molecule has 0 aliphatic carbocycles. The van der Waals surface area contributed by atoms with Crippen LogP contribution in [0.4, 0.5) is 0 Å². The van der Waals surface area contributed by atoms with E-state index in [4.69, 9.17) is 0 Å². The van der Waals surface area contributed by atoms with Crippen molar-refractivity contribution in [2.45, 2.75) is 32.7 Å². The molecule has 0 spiro atoms. The minimum atomic E-state index is -0.201. The molecule has 21 heavy (non-hydrogen) atoms. The van der Waals surface area contributed by atoms with Crippen molar-refractivity contribution in [1.82, 2.24) is 20.5 Å². The molecule has 1 atom stereocenters. The molecule has 0 radical (unpaired) electrons. The number of rotatable bonds is 5. The number of H-pyrrole nitrogens is 1. The average molecular weight is 284 g/mol. The summed E-state index contributed by atoms with van der Waals surface area (Å²) in [5.41, 5.74) is 2.29. The summed E-state index contributed by atoms with van der Waals surface area (Å²) in [6.45, 7) is 6.16. The van der Waals surface area contributed by atoms with E-state index < -0.39 is 0 Å². The summed E-state index contributed by atoms with van der Waals surface area (Å²) in [5.74, 6) is 0.985. The van der Waals surface area contributed by atoms with Gasteiger partial charge in [0.15, 0.2) is 0 Å². The van der Waals surface area contributed by atoms with Crippen LogP contribution in [0.3, 0.4) is 0 Å². The van der Waals surface area contributed by atoms with Gasteiger partial charge < -0.3 is 5.32 Å². The molecule has 0 fully saturated rings. The molecule has 1 unspecified atom stereocenters. The second-order valence-electron chi connectivity index (χ2n) is 5.26. The number of benzene rings is 1. The van der Waals surface area contributed by atoms with E-state index in [1.54, 1.807) is 6.08 Å². The highest BCUT2D eigenvalue weighted by Crippen LogP contribution is 2.15. The van der Waals surface area contributed by atoms with Crippen LogP contribution in [0.1, 0.15) is 49.7 Å². The second-order valence-corrected chi connectivity index (χ2v) is 5.26. The van der Waals surface area contributed by atoms with Crippen LogP contribution >= 0.6 is 0 Å². The standard InChI is InChI=1S/C16H20N4O/c1-11(2)14-7-4-13(5-8-14)6-9-15(21)19-12(3)16-17-10-18-20-16/h4-12H,1-3H3,(H,19,21)(H,17,18,20)/b9-6+. The number of hydrogen-bond donors (Lipinski definition) is 2. The number of carbonyl (C=O) groups excluding carboxylic acids is 1. The minimum Gasteiger partial charge on any atom is -0.343 e. The smallest absolute Gasteiger partial charge is 0.244 e. The van der Waals surface area contributed by atoms with Gasteiger partial charge >= 0.3 is 0 Å². The summed E-state index contributed by atoms with van der Waals surface area (Å²) in [7, 11) is 0. The van der Waals surface area contributed by atoms with Gasteiger partial charge in [-0.1, -0.05) is 38.1 Å². The van der Waals surface area contributed by atoms with Crippen molar-refractivity contribution in [2.24, 2.45) is 0 Å². The first-order valence-corrected chi connectivity index (χ1v) is 7.00. The van der Waals surface area contributed by atoms with Crippen LogP contribution in [0.25, 0.3) is 6.08 Å². The number of aromatic nitrogens is 3. The molecule has 110 valence electrons. The van der Waals surface area contributed by atoms with Crippen LogP contribution in [-0.4, -0.2) is 21.1 Å². The molecule has 1 heterocycles. The van der Waals surface area contributed by atoms with Crippen molar-refractivity contribution in [2.75, 3.05) is 0 Å². The van der Waals surface area contributed by atoms with Crippen LogP contribution in [0.5, 0.6) is 0 Å². The number of nitrogens with zero attached hydrogens (tertiary/aromatic N) is 2. The zero-order valence-electron chi connectivity index (χ0n) is 12.5. The van der Waals surface area contributed by atoms with Crippen molar-refractivity contribution in [3.63, 3.8) is 0 Å². The Labute approximate surface area is 124 Å². The van der Waals surface area contributed by atoms with Crippen LogP contribution in [-0.2, 0) is 4.79 Å². The fourth-order valence-corrected chi connectivity index (χ4v) is 1.92. The van der Waals surface area contributed by atoms with Crippen LogP contribution in [0.15, 0.2) is 36.7 Å². The van der Waals surface area contributed by atoms with E-state index in [0.717, 1.165) is 5.56 Å². The lowest BCUT2D eigenvalue weighted by molar-refractivity contribution is -0.117. The monoisotopic (exact) mass is 284 g/mol. The summed E-state index contributed by atoms with van der Waals surface area (Å²) >= 11 is 0. The van der Waals surface area contributed by atoms with Gasteiger partial charge in [-0.2, -0.15) is 5.10 Å². The zero-order valence-corrected chi connectivity index (χ0v) is 12.5. The van der Waals surface area contributed by atoms with Gasteiger partial charge in [0.25, 0.3) is 0 Å². The Morgan fingerprint density at radius 2 is 1.95 bits per heavy atom. The lowest BCUT2D eigenvalue weighted by atomic mass is 10.0. The molecule has 0 aliphatic heterocycles. The van der Waals surface area contributed by atoms with Crippen molar-refractivity contribution >= 4 is 12.0 Å². The van der Waals surface area contributed by atoms with Crippen molar-refractivity contribution in [1.29, 1.82) is 0 Å². The maximum absolute atomic E-state index is 11.8. The summed E-state index contributed by atoms with van der Waals surface area (Å²) in [6, 6.07) is 7.99. The Morgan fingerprint density at radius 3 is 2.52 bits per heavy atom. The topological polar surface area (TPSA) is 70.7 Å². The summed E-state index contributed by atoms with van der Waals surface area (Å²) in [6.07, 6.45) is 4.74. The van der Waals surface area contributed by atoms with Gasteiger partial charge in [-0.05, 0) is 30.0 Å². The van der Waals surface area contributed by atoms with Crippen molar-refractivity contribution < 1.29 is 4.79 Å². The van der Waals surface area contributed by atoms with Gasteiger partial charge in [0, 0.05) is 6.08 Å². The predicted octanol–water partition coefficient (Wildman–Crippen LogP) is 2.82. The molecule has 1 aromatic carbocycles.